The number of rotatable bonds is 9. The summed E-state index contributed by atoms with van der Waals surface area (Å²) < 4.78 is 33.5. The van der Waals surface area contributed by atoms with E-state index in [9.17, 15) is 29.4 Å². The first-order valence-corrected chi connectivity index (χ1v) is 14.4. The molecule has 0 bridgehead atoms. The number of amides is 3. The Labute approximate surface area is 269 Å². The summed E-state index contributed by atoms with van der Waals surface area (Å²) in [5.41, 5.74) is 9.60. The number of methoxy groups -OCH3 is 1. The fourth-order valence-electron chi connectivity index (χ4n) is 5.30. The Hall–Kier alpha value is -5.28. The van der Waals surface area contributed by atoms with Crippen LogP contribution < -0.4 is 27.1 Å². The SMILES string of the molecule is CO[C@H]1[C@@H](OC(N)=O)[C@@H](OC(N)=O)[C@@H](Oc2ccc3c(O)c(NC(=O)c4ccc(O)c(CC=C(C)C)c4)c(=O)oc3c2C)OC1(C)C. The largest absolute Gasteiger partial charge is 0.508 e. The van der Waals surface area contributed by atoms with Crippen LogP contribution in [-0.4, -0.2) is 65.6 Å². The van der Waals surface area contributed by atoms with Crippen LogP contribution in [0, 0.1) is 6.92 Å². The highest BCUT2D eigenvalue weighted by Gasteiger charge is 2.55. The zero-order valence-electron chi connectivity index (χ0n) is 26.6. The van der Waals surface area contributed by atoms with Crippen molar-refractivity contribution in [1.82, 2.24) is 0 Å². The van der Waals surface area contributed by atoms with E-state index in [1.54, 1.807) is 13.8 Å². The molecular weight excluding hydrogens is 618 g/mol. The molecule has 0 unspecified atom stereocenters. The minimum absolute atomic E-state index is 0.00439. The lowest BCUT2D eigenvalue weighted by Gasteiger charge is -2.48. The fraction of sp³-hybridized carbons (Fsp3) is 0.375. The molecule has 1 aliphatic rings. The number of aromatic hydroxyl groups is 2. The van der Waals surface area contributed by atoms with Crippen LogP contribution in [0.4, 0.5) is 15.3 Å². The van der Waals surface area contributed by atoms with Gasteiger partial charge in [-0.1, -0.05) is 11.6 Å². The molecule has 1 saturated heterocycles. The third-order valence-electron chi connectivity index (χ3n) is 7.55. The molecule has 252 valence electrons. The van der Waals surface area contributed by atoms with Gasteiger partial charge in [0.1, 0.15) is 23.2 Å². The molecule has 1 aromatic heterocycles. The second-order valence-electron chi connectivity index (χ2n) is 11.6. The summed E-state index contributed by atoms with van der Waals surface area (Å²) in [4.78, 5) is 49.7. The van der Waals surface area contributed by atoms with Crippen molar-refractivity contribution in [3.63, 3.8) is 0 Å². The van der Waals surface area contributed by atoms with Gasteiger partial charge in [-0.25, -0.2) is 14.4 Å². The Morgan fingerprint density at radius 3 is 2.32 bits per heavy atom. The van der Waals surface area contributed by atoms with Gasteiger partial charge in [0, 0.05) is 18.2 Å². The number of aryl methyl sites for hydroxylation is 1. The van der Waals surface area contributed by atoms with Gasteiger partial charge < -0.3 is 55.1 Å². The van der Waals surface area contributed by atoms with Gasteiger partial charge in [-0.2, -0.15) is 0 Å². The van der Waals surface area contributed by atoms with Gasteiger partial charge in [-0.3, -0.25) is 4.79 Å². The number of benzene rings is 2. The minimum atomic E-state index is -1.45. The predicted octanol–water partition coefficient (Wildman–Crippen LogP) is 3.73. The highest BCUT2D eigenvalue weighted by molar-refractivity contribution is 6.06. The van der Waals surface area contributed by atoms with Crippen LogP contribution in [0.25, 0.3) is 11.0 Å². The molecule has 4 atom stereocenters. The van der Waals surface area contributed by atoms with E-state index >= 15 is 0 Å². The lowest BCUT2D eigenvalue weighted by atomic mass is 9.89. The number of ether oxygens (including phenoxy) is 5. The van der Waals surface area contributed by atoms with Crippen LogP contribution in [0.1, 0.15) is 49.2 Å². The van der Waals surface area contributed by atoms with Crippen molar-refractivity contribution in [1.29, 1.82) is 0 Å². The summed E-state index contributed by atoms with van der Waals surface area (Å²) in [5.74, 6) is -1.21. The summed E-state index contributed by atoms with van der Waals surface area (Å²) in [6, 6.07) is 7.02. The van der Waals surface area contributed by atoms with E-state index in [0.29, 0.717) is 12.0 Å². The summed E-state index contributed by atoms with van der Waals surface area (Å²) in [6.07, 6.45) is -5.29. The average Bonchev–Trinajstić information content (AvgIpc) is 2.97. The monoisotopic (exact) mass is 655 g/mol. The Kier molecular flexibility index (Phi) is 10.0. The first-order chi connectivity index (χ1) is 22.0. The molecule has 2 aromatic carbocycles. The van der Waals surface area contributed by atoms with Crippen LogP contribution >= 0.6 is 0 Å². The molecule has 47 heavy (non-hydrogen) atoms. The Balaban J connectivity index is 1.67. The van der Waals surface area contributed by atoms with Crippen molar-refractivity contribution in [2.24, 2.45) is 11.5 Å². The summed E-state index contributed by atoms with van der Waals surface area (Å²) >= 11 is 0. The van der Waals surface area contributed by atoms with E-state index in [4.69, 9.17) is 39.6 Å². The van der Waals surface area contributed by atoms with Gasteiger partial charge >= 0.3 is 17.8 Å². The van der Waals surface area contributed by atoms with Crippen LogP contribution in [0.2, 0.25) is 0 Å². The van der Waals surface area contributed by atoms with E-state index in [0.717, 1.165) is 5.57 Å². The van der Waals surface area contributed by atoms with E-state index in [-0.39, 0.29) is 33.6 Å². The van der Waals surface area contributed by atoms with Crippen molar-refractivity contribution in [2.45, 2.75) is 71.2 Å². The van der Waals surface area contributed by atoms with E-state index in [1.165, 1.54) is 44.4 Å². The molecule has 0 spiro atoms. The van der Waals surface area contributed by atoms with E-state index < -0.39 is 65.4 Å². The maximum atomic E-state index is 13.1. The number of nitrogens with two attached hydrogens (primary N) is 2. The number of carbonyl (C=O) groups is 3. The van der Waals surface area contributed by atoms with Crippen LogP contribution in [0.3, 0.4) is 0 Å². The fourth-order valence-corrected chi connectivity index (χ4v) is 5.30. The molecule has 3 aromatic rings. The van der Waals surface area contributed by atoms with Crippen LogP contribution in [0.15, 0.2) is 51.2 Å². The summed E-state index contributed by atoms with van der Waals surface area (Å²) in [6.45, 7) is 8.57. The van der Waals surface area contributed by atoms with Gasteiger partial charge in [0.2, 0.25) is 12.4 Å². The van der Waals surface area contributed by atoms with Crippen molar-refractivity contribution < 1.29 is 52.7 Å². The van der Waals surface area contributed by atoms with Crippen molar-refractivity contribution >= 4 is 34.8 Å². The number of fused-ring (bicyclic) bond motifs is 1. The van der Waals surface area contributed by atoms with Crippen molar-refractivity contribution in [3.8, 4) is 17.2 Å². The molecule has 15 nitrogen and oxygen atoms in total. The van der Waals surface area contributed by atoms with Gasteiger partial charge in [-0.15, -0.1) is 0 Å². The van der Waals surface area contributed by atoms with Crippen LogP contribution in [-0.2, 0) is 25.4 Å². The highest BCUT2D eigenvalue weighted by Crippen LogP contribution is 2.39. The number of hydrogen-bond acceptors (Lipinski definition) is 12. The first-order valence-electron chi connectivity index (χ1n) is 14.4. The molecule has 15 heteroatoms. The Morgan fingerprint density at radius 2 is 1.70 bits per heavy atom. The smallest absolute Gasteiger partial charge is 0.405 e. The third kappa shape index (κ3) is 7.42. The summed E-state index contributed by atoms with van der Waals surface area (Å²) in [5, 5.41) is 23.7. The predicted molar refractivity (Wildman–Crippen MR) is 167 cm³/mol. The molecule has 4 rings (SSSR count). The van der Waals surface area contributed by atoms with Crippen molar-refractivity contribution in [2.75, 3.05) is 12.4 Å². The lowest BCUT2D eigenvalue weighted by molar-refractivity contribution is -0.303. The van der Waals surface area contributed by atoms with Crippen LogP contribution in [0.5, 0.6) is 17.2 Å². The molecular formula is C32H37N3O12. The minimum Gasteiger partial charge on any atom is -0.508 e. The molecule has 3 amide bonds. The molecule has 1 aliphatic heterocycles. The number of allylic oxidation sites excluding steroid dienone is 2. The normalized spacial score (nSPS) is 20.2. The number of primary amides is 2. The lowest BCUT2D eigenvalue weighted by Crippen LogP contribution is -2.66. The molecule has 2 heterocycles. The van der Waals surface area contributed by atoms with Gasteiger partial charge in [0.05, 0.1) is 11.0 Å². The number of anilines is 1. The topological polar surface area (TPSA) is 232 Å². The Morgan fingerprint density at radius 1 is 1.04 bits per heavy atom. The zero-order chi connectivity index (χ0) is 34.8. The molecule has 0 aliphatic carbocycles. The number of carbonyl (C=O) groups excluding carboxylic acids is 3. The second-order valence-corrected chi connectivity index (χ2v) is 11.6. The number of phenolic OH excluding ortho intramolecular Hbond substituents is 1. The molecule has 7 N–H and O–H groups in total. The Bertz CT molecular complexity index is 1790. The summed E-state index contributed by atoms with van der Waals surface area (Å²) in [7, 11) is 1.34. The molecule has 1 fully saturated rings. The maximum absolute atomic E-state index is 13.1. The number of phenols is 1. The zero-order valence-corrected chi connectivity index (χ0v) is 26.6. The van der Waals surface area contributed by atoms with E-state index in [2.05, 4.69) is 5.32 Å². The molecule has 0 saturated carbocycles. The van der Waals surface area contributed by atoms with Gasteiger partial charge in [0.15, 0.2) is 17.5 Å². The number of hydrogen-bond donors (Lipinski definition) is 5. The maximum Gasteiger partial charge on any atom is 0.405 e. The first kappa shape index (κ1) is 34.6. The second kappa shape index (κ2) is 13.6. The number of nitrogens with one attached hydrogen (secondary N) is 1. The third-order valence-corrected chi connectivity index (χ3v) is 7.55. The quantitative estimate of drug-likeness (QED) is 0.164. The van der Waals surface area contributed by atoms with Crippen molar-refractivity contribution in [3.05, 3.63) is 69.1 Å². The standard InChI is InChI=1S/C32H37N3O12/c1-14(2)7-8-16-13-17(9-11-19(16)36)27(38)35-21-22(37)18-10-12-20(15(3)23(18)44-28(21)39)43-29-25(46-31(34)41)24(45-30(33)40)26(42-6)32(4,5)47-29/h7,9-13,24-26,29,36-37H,8H2,1-6H3,(H2,33,40)(H2,34,41)(H,35,38)/t24-,25+,26-,29-/m0/s1. The highest BCUT2D eigenvalue weighted by atomic mass is 16.7. The van der Waals surface area contributed by atoms with Gasteiger partial charge in [0.25, 0.3) is 5.91 Å². The average molecular weight is 656 g/mol. The van der Waals surface area contributed by atoms with E-state index in [1.807, 2.05) is 19.9 Å². The molecule has 0 radical (unpaired) electrons. The van der Waals surface area contributed by atoms with Gasteiger partial charge in [-0.05, 0) is 76.9 Å².